The van der Waals surface area contributed by atoms with E-state index in [1.807, 2.05) is 18.2 Å². The van der Waals surface area contributed by atoms with E-state index in [0.717, 1.165) is 12.3 Å². The van der Waals surface area contributed by atoms with Gasteiger partial charge in [0, 0.05) is 18.7 Å². The number of amides is 2. The van der Waals surface area contributed by atoms with Crippen molar-refractivity contribution in [1.82, 2.24) is 15.5 Å². The maximum Gasteiger partial charge on any atom is 0.247 e. The number of carbonyl (C=O) groups excluding carboxylic acids is 2. The lowest BCUT2D eigenvalue weighted by molar-refractivity contribution is -0.121. The summed E-state index contributed by atoms with van der Waals surface area (Å²) >= 11 is 6.55. The summed E-state index contributed by atoms with van der Waals surface area (Å²) in [6.07, 6.45) is 0.277. The van der Waals surface area contributed by atoms with Crippen LogP contribution in [0.25, 0.3) is 0 Å². The fraction of sp³-hybridized carbons (Fsp3) is 0.400. The summed E-state index contributed by atoms with van der Waals surface area (Å²) in [5, 5.41) is 6.51. The summed E-state index contributed by atoms with van der Waals surface area (Å²) in [4.78, 5) is 28.1. The first-order chi connectivity index (χ1) is 11.1. The van der Waals surface area contributed by atoms with E-state index in [1.165, 1.54) is 4.90 Å². The molecule has 122 valence electrons. The zero-order valence-corrected chi connectivity index (χ0v) is 14.2. The van der Waals surface area contributed by atoms with Crippen molar-refractivity contribution in [2.24, 2.45) is 0 Å². The van der Waals surface area contributed by atoms with Gasteiger partial charge in [-0.15, -0.1) is 11.8 Å². The van der Waals surface area contributed by atoms with Crippen LogP contribution in [-0.2, 0) is 9.59 Å². The van der Waals surface area contributed by atoms with Crippen LogP contribution >= 0.6 is 24.0 Å². The van der Waals surface area contributed by atoms with Crippen LogP contribution in [-0.4, -0.2) is 52.7 Å². The quantitative estimate of drug-likeness (QED) is 0.600. The third-order valence-electron chi connectivity index (χ3n) is 3.77. The van der Waals surface area contributed by atoms with E-state index < -0.39 is 0 Å². The molecule has 3 rings (SSSR count). The lowest BCUT2D eigenvalue weighted by Gasteiger charge is -2.29. The van der Waals surface area contributed by atoms with Gasteiger partial charge in [-0.05, 0) is 24.4 Å². The van der Waals surface area contributed by atoms with Crippen molar-refractivity contribution in [3.8, 4) is 0 Å². The van der Waals surface area contributed by atoms with Gasteiger partial charge in [0.1, 0.15) is 0 Å². The molecule has 23 heavy (non-hydrogen) atoms. The summed E-state index contributed by atoms with van der Waals surface area (Å²) in [7, 11) is 0. The van der Waals surface area contributed by atoms with Crippen molar-refractivity contribution in [1.29, 1.82) is 0 Å². The number of imide groups is 1. The topological polar surface area (TPSA) is 64.7 Å². The second-order valence-corrected chi connectivity index (χ2v) is 7.08. The van der Waals surface area contributed by atoms with Gasteiger partial charge < -0.3 is 10.6 Å². The van der Waals surface area contributed by atoms with Gasteiger partial charge in [-0.1, -0.05) is 18.2 Å². The Morgan fingerprint density at radius 3 is 2.57 bits per heavy atom. The second kappa shape index (κ2) is 7.29. The van der Waals surface area contributed by atoms with Crippen LogP contribution in [0.1, 0.15) is 6.42 Å². The van der Waals surface area contributed by atoms with Gasteiger partial charge in [-0.2, -0.15) is 0 Å². The van der Waals surface area contributed by atoms with E-state index in [4.69, 9.17) is 12.2 Å². The minimum atomic E-state index is -0.283. The minimum absolute atomic E-state index is 0.109. The summed E-state index contributed by atoms with van der Waals surface area (Å²) in [5.41, 5.74) is 0.656. The molecule has 0 unspecified atom stereocenters. The van der Waals surface area contributed by atoms with Crippen molar-refractivity contribution < 1.29 is 9.59 Å². The molecular weight excluding hydrogens is 332 g/mol. The molecule has 1 aromatic rings. The predicted molar refractivity (Wildman–Crippen MR) is 95.1 cm³/mol. The Labute approximate surface area is 144 Å². The van der Waals surface area contributed by atoms with Gasteiger partial charge in [-0.3, -0.25) is 14.5 Å². The van der Waals surface area contributed by atoms with Crippen molar-refractivity contribution in [3.05, 3.63) is 30.3 Å². The molecule has 0 aliphatic carbocycles. The van der Waals surface area contributed by atoms with E-state index in [0.29, 0.717) is 24.1 Å². The van der Waals surface area contributed by atoms with E-state index in [1.54, 1.807) is 23.9 Å². The normalized spacial score (nSPS) is 22.2. The van der Waals surface area contributed by atoms with Gasteiger partial charge in [-0.25, -0.2) is 4.90 Å². The first-order valence-electron chi connectivity index (χ1n) is 7.42. The summed E-state index contributed by atoms with van der Waals surface area (Å²) in [6, 6.07) is 9.11. The van der Waals surface area contributed by atoms with E-state index in [-0.39, 0.29) is 23.5 Å². The summed E-state index contributed by atoms with van der Waals surface area (Å²) in [6.45, 7) is 2.25. The third-order valence-corrected chi connectivity index (χ3v) is 5.25. The molecule has 0 radical (unpaired) electrons. The number of anilines is 1. The smallest absolute Gasteiger partial charge is 0.247 e. The van der Waals surface area contributed by atoms with Crippen LogP contribution in [0.5, 0.6) is 0 Å². The Morgan fingerprint density at radius 1 is 1.17 bits per heavy atom. The molecule has 2 aliphatic rings. The number of nitrogens with zero attached hydrogens (tertiary/aromatic N) is 2. The Bertz CT molecular complexity index is 601. The first kappa shape index (κ1) is 16.2. The molecule has 8 heteroatoms. The third kappa shape index (κ3) is 3.82. The molecule has 2 N–H and O–H groups in total. The van der Waals surface area contributed by atoms with Crippen LogP contribution in [0.15, 0.2) is 30.3 Å². The molecule has 6 nitrogen and oxygen atoms in total. The predicted octanol–water partition coefficient (Wildman–Crippen LogP) is 0.746. The molecule has 1 aromatic carbocycles. The highest BCUT2D eigenvalue weighted by atomic mass is 32.2. The number of thioether (sulfide) groups is 1. The van der Waals surface area contributed by atoms with Gasteiger partial charge >= 0.3 is 0 Å². The van der Waals surface area contributed by atoms with Crippen molar-refractivity contribution in [2.75, 3.05) is 30.5 Å². The number of carbonyl (C=O) groups is 2. The molecule has 2 heterocycles. The lowest BCUT2D eigenvalue weighted by Crippen LogP contribution is -2.54. The van der Waals surface area contributed by atoms with Gasteiger partial charge in [0.25, 0.3) is 0 Å². The Balaban J connectivity index is 1.51. The van der Waals surface area contributed by atoms with E-state index in [2.05, 4.69) is 15.5 Å². The monoisotopic (exact) mass is 350 g/mol. The molecular formula is C15H18N4O2S2. The number of para-hydroxylation sites is 1. The minimum Gasteiger partial charge on any atom is -0.350 e. The molecule has 0 saturated carbocycles. The van der Waals surface area contributed by atoms with Crippen molar-refractivity contribution in [2.45, 2.75) is 11.7 Å². The molecule has 2 aliphatic heterocycles. The standard InChI is InChI=1S/C15H18N4O2S2/c20-13-8-12(14(21)19(13)11-4-2-1-3-5-11)23-7-6-18-9-16-15(22)17-10-18/h1-5,12H,6-10H2,(H2,16,17,22)/t12-/m0/s1. The molecule has 2 saturated heterocycles. The number of hydrogen-bond donors (Lipinski definition) is 2. The maximum absolute atomic E-state index is 12.5. The van der Waals surface area contributed by atoms with Crippen LogP contribution in [0.2, 0.25) is 0 Å². The fourth-order valence-corrected chi connectivity index (χ4v) is 3.84. The number of hydrogen-bond acceptors (Lipinski definition) is 5. The SMILES string of the molecule is O=C1C[C@H](SCCN2CNC(=S)NC2)C(=O)N1c1ccccc1. The molecule has 0 bridgehead atoms. The van der Waals surface area contributed by atoms with Crippen LogP contribution in [0.4, 0.5) is 5.69 Å². The van der Waals surface area contributed by atoms with E-state index in [9.17, 15) is 9.59 Å². The van der Waals surface area contributed by atoms with Crippen LogP contribution < -0.4 is 15.5 Å². The van der Waals surface area contributed by atoms with Gasteiger partial charge in [0.15, 0.2) is 5.11 Å². The highest BCUT2D eigenvalue weighted by Crippen LogP contribution is 2.29. The largest absolute Gasteiger partial charge is 0.350 e. The van der Waals surface area contributed by atoms with Crippen molar-refractivity contribution >= 4 is 46.6 Å². The van der Waals surface area contributed by atoms with E-state index >= 15 is 0 Å². The van der Waals surface area contributed by atoms with Crippen molar-refractivity contribution in [3.63, 3.8) is 0 Å². The zero-order chi connectivity index (χ0) is 16.2. The van der Waals surface area contributed by atoms with Gasteiger partial charge in [0.2, 0.25) is 11.8 Å². The van der Waals surface area contributed by atoms with Crippen LogP contribution in [0, 0.1) is 0 Å². The number of nitrogens with one attached hydrogen (secondary N) is 2. The average molecular weight is 350 g/mol. The Hall–Kier alpha value is -1.64. The first-order valence-corrected chi connectivity index (χ1v) is 8.88. The molecule has 2 fully saturated rings. The Morgan fingerprint density at radius 2 is 1.87 bits per heavy atom. The lowest BCUT2D eigenvalue weighted by atomic mass is 10.3. The summed E-state index contributed by atoms with van der Waals surface area (Å²) in [5.74, 6) is 0.565. The number of rotatable bonds is 5. The zero-order valence-electron chi connectivity index (χ0n) is 12.5. The fourth-order valence-electron chi connectivity index (χ4n) is 2.55. The number of thiocarbonyl (C=S) groups is 1. The number of benzene rings is 1. The molecule has 1 atom stereocenters. The highest BCUT2D eigenvalue weighted by Gasteiger charge is 2.39. The maximum atomic E-state index is 12.5. The summed E-state index contributed by atoms with van der Waals surface area (Å²) < 4.78 is 0. The Kier molecular flexibility index (Phi) is 5.14. The average Bonchev–Trinajstić information content (AvgIpc) is 2.84. The molecule has 2 amide bonds. The highest BCUT2D eigenvalue weighted by molar-refractivity contribution is 8.00. The molecule has 0 spiro atoms. The van der Waals surface area contributed by atoms with Crippen LogP contribution in [0.3, 0.4) is 0 Å². The van der Waals surface area contributed by atoms with Gasteiger partial charge in [0.05, 0.1) is 24.3 Å². The second-order valence-electron chi connectivity index (χ2n) is 5.36. The molecule has 0 aromatic heterocycles.